The van der Waals surface area contributed by atoms with Crippen molar-refractivity contribution in [3.05, 3.63) is 328 Å². The van der Waals surface area contributed by atoms with E-state index in [1.54, 1.807) is 0 Å². The van der Waals surface area contributed by atoms with E-state index < -0.39 is 43.8 Å². The van der Waals surface area contributed by atoms with E-state index in [-0.39, 0.29) is 29.5 Å². The Bertz CT molecular complexity index is 9200. The first kappa shape index (κ1) is 87.9. The van der Waals surface area contributed by atoms with E-state index >= 15 is 0 Å². The topological polar surface area (TPSA) is 140 Å². The SMILES string of the molecule is CC1(C)OB(c2cc(-c3cc4c5ccccc5oc4c4ccccc34)cc3ccccc23)OC1(C)C.CC1(C)OB(c2ccc3oc4cc(-c5ccc6c(ccc7c8ccccc8oc67)c5)ccc4c3c2)OC1(C)C.CC1(C)OB(c2ccc3sc4c5ccccc5ccc4c3c2)OC1(C)C.CC1(C)OB(c2cccc3c2oc2ccc(-c4cccc5oc6c7ccccc7ccc6c45)cc23)OC1(C)C. The van der Waals surface area contributed by atoms with Crippen LogP contribution in [0.2, 0.25) is 0 Å². The minimum atomic E-state index is -0.486. The van der Waals surface area contributed by atoms with Crippen molar-refractivity contribution in [1.29, 1.82) is 0 Å². The molecule has 6 aromatic heterocycles. The van der Waals surface area contributed by atoms with Crippen LogP contribution in [0.3, 0.4) is 0 Å². The second-order valence-corrected chi connectivity index (χ2v) is 43.2. The molecule has 4 saturated heterocycles. The summed E-state index contributed by atoms with van der Waals surface area (Å²) in [4.78, 5) is 0. The van der Waals surface area contributed by atoms with Crippen LogP contribution in [0.1, 0.15) is 111 Å². The Labute approximate surface area is 815 Å². The van der Waals surface area contributed by atoms with Gasteiger partial charge in [0.1, 0.15) is 55.8 Å². The molecule has 0 saturated carbocycles. The molecule has 24 aromatic rings. The Morgan fingerprint density at radius 2 is 0.586 bits per heavy atom. The van der Waals surface area contributed by atoms with Crippen LogP contribution in [0, 0.1) is 0 Å². The molecule has 18 heteroatoms. The molecule has 13 nitrogen and oxygen atoms in total. The second kappa shape index (κ2) is 32.0. The molecule has 0 amide bonds. The van der Waals surface area contributed by atoms with Crippen molar-refractivity contribution >= 4 is 245 Å². The molecule has 28 rings (SSSR count). The Morgan fingerprint density at radius 1 is 0.193 bits per heavy atom. The third-order valence-electron chi connectivity index (χ3n) is 31.5. The minimum Gasteiger partial charge on any atom is -0.456 e. The van der Waals surface area contributed by atoms with Gasteiger partial charge in [-0.15, -0.1) is 11.3 Å². The summed E-state index contributed by atoms with van der Waals surface area (Å²) in [7, 11) is -1.65. The van der Waals surface area contributed by atoms with Crippen LogP contribution in [-0.4, -0.2) is 73.3 Å². The van der Waals surface area contributed by atoms with Gasteiger partial charge in [-0.2, -0.15) is 0 Å². The van der Waals surface area contributed by atoms with Crippen LogP contribution in [-0.2, 0) is 37.2 Å². The average Bonchev–Trinajstić information content (AvgIpc) is 1.63. The van der Waals surface area contributed by atoms with Crippen molar-refractivity contribution in [2.24, 2.45) is 0 Å². The third-order valence-corrected chi connectivity index (χ3v) is 32.7. The first-order valence-corrected chi connectivity index (χ1v) is 49.3. The van der Waals surface area contributed by atoms with Crippen molar-refractivity contribution in [2.75, 3.05) is 0 Å². The van der Waals surface area contributed by atoms with Gasteiger partial charge in [0, 0.05) is 90.3 Å². The fourth-order valence-electron chi connectivity index (χ4n) is 20.8. The van der Waals surface area contributed by atoms with Gasteiger partial charge >= 0.3 is 28.5 Å². The molecule has 4 aliphatic rings. The Hall–Kier alpha value is -13.6. The van der Waals surface area contributed by atoms with E-state index in [2.05, 4.69) is 396 Å². The van der Waals surface area contributed by atoms with Gasteiger partial charge < -0.3 is 59.3 Å². The maximum absolute atomic E-state index is 6.51. The van der Waals surface area contributed by atoms with Crippen LogP contribution in [0.4, 0.5) is 0 Å². The van der Waals surface area contributed by atoms with Gasteiger partial charge in [0.2, 0.25) is 0 Å². The standard InChI is InChI=1S/2C34H27BO4.C32H27BO3.C22H21BO2S/c1-33(2)34(3,4)39-35(38-33)27-13-7-12-24-26-19-21(16-18-28(26)36-32(24)27)22-11-8-14-29-30(22)25-17-15-20-9-5-6-10-23(20)31(25)37-29;1-33(2)34(3,4)39-35(38-33)23-12-16-30-28(19-23)26-14-10-21(18-31(26)36-30)20-9-13-24-22(17-20)11-15-27-25-7-5-6-8-29(25)37-32(24)27;1-31(2)32(3,4)36-33(35-31)28-18-21(17-20-11-5-6-12-22(20)28)26-19-27-24-14-9-10-16-29(24)34-30(27)25-15-8-7-13-23(25)26;1-21(2)22(3,4)25-23(24-21)15-10-12-19-18(13-15)17-11-9-14-7-5-6-8-16(14)20(17)26-19/h2*5-19H,1-4H3;5-19H,1-4H3;5-13H,1-4H3. The Kier molecular flexibility index (Phi) is 20.1. The van der Waals surface area contributed by atoms with Crippen molar-refractivity contribution in [3.8, 4) is 33.4 Å². The molecule has 140 heavy (non-hydrogen) atoms. The number of thiophene rings is 1. The highest BCUT2D eigenvalue weighted by molar-refractivity contribution is 7.26. The van der Waals surface area contributed by atoms with Crippen LogP contribution < -0.4 is 21.9 Å². The zero-order valence-electron chi connectivity index (χ0n) is 81.2. The molecule has 0 aliphatic carbocycles. The van der Waals surface area contributed by atoms with Crippen molar-refractivity contribution in [3.63, 3.8) is 0 Å². The molecular formula is C122H102B4O13S. The molecule has 18 aromatic carbocycles. The number of rotatable bonds is 7. The van der Waals surface area contributed by atoms with Crippen molar-refractivity contribution < 1.29 is 59.3 Å². The van der Waals surface area contributed by atoms with Gasteiger partial charge in [-0.3, -0.25) is 0 Å². The van der Waals surface area contributed by atoms with Crippen LogP contribution in [0.5, 0.6) is 0 Å². The van der Waals surface area contributed by atoms with E-state index in [0.29, 0.717) is 0 Å². The quantitative estimate of drug-likeness (QED) is 0.140. The van der Waals surface area contributed by atoms with E-state index in [1.807, 2.05) is 53.8 Å². The fraction of sp³-hybridized carbons (Fsp3) is 0.197. The molecule has 4 fully saturated rings. The molecule has 0 bridgehead atoms. The fourth-order valence-corrected chi connectivity index (χ4v) is 22.0. The summed E-state index contributed by atoms with van der Waals surface area (Å²) in [5.74, 6) is 0. The number of hydrogen-bond acceptors (Lipinski definition) is 14. The molecular weight excluding hydrogens is 1750 g/mol. The van der Waals surface area contributed by atoms with Gasteiger partial charge in [0.05, 0.1) is 44.8 Å². The number of furan rings is 5. The van der Waals surface area contributed by atoms with Gasteiger partial charge in [0.15, 0.2) is 0 Å². The maximum Gasteiger partial charge on any atom is 0.498 e. The number of hydrogen-bond donors (Lipinski definition) is 0. The smallest absolute Gasteiger partial charge is 0.456 e. The van der Waals surface area contributed by atoms with Gasteiger partial charge in [-0.1, -0.05) is 237 Å². The maximum atomic E-state index is 6.51. The highest BCUT2D eigenvalue weighted by atomic mass is 32.1. The predicted molar refractivity (Wildman–Crippen MR) is 582 cm³/mol. The minimum absolute atomic E-state index is 0.320. The van der Waals surface area contributed by atoms with Crippen molar-refractivity contribution in [2.45, 2.75) is 156 Å². The lowest BCUT2D eigenvalue weighted by Crippen LogP contribution is -2.41. The Balaban J connectivity index is 0.0000000995. The van der Waals surface area contributed by atoms with E-state index in [1.165, 1.54) is 52.7 Å². The van der Waals surface area contributed by atoms with E-state index in [0.717, 1.165) is 186 Å². The second-order valence-electron chi connectivity index (χ2n) is 42.1. The van der Waals surface area contributed by atoms with Crippen LogP contribution in [0.15, 0.2) is 350 Å². The number of fused-ring (bicyclic) bond motifs is 27. The molecule has 0 radical (unpaired) electrons. The summed E-state index contributed by atoms with van der Waals surface area (Å²) >= 11 is 1.86. The average molecular weight is 1850 g/mol. The molecule has 0 spiro atoms. The van der Waals surface area contributed by atoms with Crippen molar-refractivity contribution in [1.82, 2.24) is 0 Å². The first-order chi connectivity index (χ1) is 67.3. The molecule has 686 valence electrons. The lowest BCUT2D eigenvalue weighted by molar-refractivity contribution is 0.00578. The summed E-state index contributed by atoms with van der Waals surface area (Å²) < 4.78 is 85.2. The summed E-state index contributed by atoms with van der Waals surface area (Å²) in [5.41, 5.74) is 16.7. The highest BCUT2D eigenvalue weighted by Gasteiger charge is 2.56. The normalized spacial score (nSPS) is 17.3. The zero-order chi connectivity index (χ0) is 95.8. The van der Waals surface area contributed by atoms with Gasteiger partial charge in [-0.05, 0) is 295 Å². The van der Waals surface area contributed by atoms with Crippen LogP contribution in [0.25, 0.3) is 217 Å². The number of para-hydroxylation sites is 3. The molecule has 0 atom stereocenters. The predicted octanol–water partition coefficient (Wildman–Crippen LogP) is 30.6. The summed E-state index contributed by atoms with van der Waals surface area (Å²) in [6.45, 7) is 33.4. The lowest BCUT2D eigenvalue weighted by Gasteiger charge is -2.32. The molecule has 0 unspecified atom stereocenters. The summed E-state index contributed by atoms with van der Waals surface area (Å²) in [5, 5.41) is 25.4. The van der Waals surface area contributed by atoms with E-state index in [4.69, 9.17) is 59.3 Å². The van der Waals surface area contributed by atoms with Crippen LogP contribution >= 0.6 is 11.3 Å². The third kappa shape index (κ3) is 14.3. The Morgan fingerprint density at radius 3 is 1.25 bits per heavy atom. The zero-order valence-corrected chi connectivity index (χ0v) is 82.0. The number of benzene rings is 18. The van der Waals surface area contributed by atoms with Gasteiger partial charge in [-0.25, -0.2) is 0 Å². The monoisotopic (exact) mass is 1850 g/mol. The lowest BCUT2D eigenvalue weighted by atomic mass is 9.74. The van der Waals surface area contributed by atoms with E-state index in [9.17, 15) is 0 Å². The molecule has 0 N–H and O–H groups in total. The van der Waals surface area contributed by atoms with Gasteiger partial charge in [0.25, 0.3) is 0 Å². The summed E-state index contributed by atoms with van der Waals surface area (Å²) in [6.07, 6.45) is 0. The largest absolute Gasteiger partial charge is 0.498 e. The molecule has 10 heterocycles. The summed E-state index contributed by atoms with van der Waals surface area (Å²) in [6, 6.07) is 115. The first-order valence-electron chi connectivity index (χ1n) is 48.5. The molecule has 4 aliphatic heterocycles. The highest BCUT2D eigenvalue weighted by Crippen LogP contribution is 2.49.